The number of piperidine rings is 1. The Bertz CT molecular complexity index is 816. The molecule has 1 aliphatic heterocycles. The van der Waals surface area contributed by atoms with Gasteiger partial charge in [0.15, 0.2) is 5.69 Å². The number of hydrogen-bond donors (Lipinski definition) is 1. The Kier molecular flexibility index (Phi) is 6.11. The number of nitrogens with two attached hydrogens (primary N) is 1. The fourth-order valence-corrected chi connectivity index (χ4v) is 3.74. The van der Waals surface area contributed by atoms with E-state index in [0.717, 1.165) is 50.0 Å². The lowest BCUT2D eigenvalue weighted by Gasteiger charge is -2.33. The zero-order valence-corrected chi connectivity index (χ0v) is 16.2. The number of amides is 2. The van der Waals surface area contributed by atoms with Crippen molar-refractivity contribution >= 4 is 17.5 Å². The van der Waals surface area contributed by atoms with Crippen molar-refractivity contribution in [3.63, 3.8) is 0 Å². The average Bonchev–Trinajstić information content (AvgIpc) is 3.04. The average molecular weight is 371 g/mol. The molecule has 0 spiro atoms. The third-order valence-electron chi connectivity index (χ3n) is 5.32. The van der Waals surface area contributed by atoms with Crippen LogP contribution in [0.5, 0.6) is 0 Å². The molecule has 1 saturated heterocycles. The number of carbonyl (C=O) groups is 2. The smallest absolute Gasteiger partial charge is 0.274 e. The van der Waals surface area contributed by atoms with Crippen molar-refractivity contribution in [2.45, 2.75) is 51.6 Å². The Morgan fingerprint density at radius 3 is 2.89 bits per heavy atom. The standard InChI is InChI=1S/C20H29N5O2/c1-3-4-11-23(2)20(27)18-16(25-13-8-6-10-17(25)22-18)14-24-12-7-5-9-15(24)19(21)26/h6,8,10,13,15H,3-5,7,9,11-12,14H2,1-2H3,(H2,21,26)/t15-/m1/s1. The molecule has 2 aromatic rings. The second kappa shape index (κ2) is 8.52. The minimum Gasteiger partial charge on any atom is -0.368 e. The minimum absolute atomic E-state index is 0.0743. The molecule has 27 heavy (non-hydrogen) atoms. The molecule has 0 bridgehead atoms. The van der Waals surface area contributed by atoms with Crippen LogP contribution in [0.25, 0.3) is 5.65 Å². The van der Waals surface area contributed by atoms with E-state index in [2.05, 4.69) is 16.8 Å². The van der Waals surface area contributed by atoms with Crippen LogP contribution in [-0.4, -0.2) is 57.2 Å². The lowest BCUT2D eigenvalue weighted by atomic mass is 10.0. The molecule has 146 valence electrons. The molecular weight excluding hydrogens is 342 g/mol. The normalized spacial score (nSPS) is 17.9. The van der Waals surface area contributed by atoms with Gasteiger partial charge in [0.25, 0.3) is 5.91 Å². The minimum atomic E-state index is -0.295. The first-order valence-corrected chi connectivity index (χ1v) is 9.77. The summed E-state index contributed by atoms with van der Waals surface area (Å²) < 4.78 is 1.95. The fourth-order valence-electron chi connectivity index (χ4n) is 3.74. The van der Waals surface area contributed by atoms with Gasteiger partial charge in [0, 0.05) is 26.3 Å². The van der Waals surface area contributed by atoms with Crippen molar-refractivity contribution in [1.29, 1.82) is 0 Å². The van der Waals surface area contributed by atoms with Gasteiger partial charge in [-0.15, -0.1) is 0 Å². The van der Waals surface area contributed by atoms with Crippen LogP contribution >= 0.6 is 0 Å². The Hall–Kier alpha value is -2.41. The molecule has 7 nitrogen and oxygen atoms in total. The van der Waals surface area contributed by atoms with Gasteiger partial charge in [-0.1, -0.05) is 25.8 Å². The highest BCUT2D eigenvalue weighted by atomic mass is 16.2. The van der Waals surface area contributed by atoms with Crippen molar-refractivity contribution in [2.24, 2.45) is 5.73 Å². The summed E-state index contributed by atoms with van der Waals surface area (Å²) in [5.41, 5.74) is 7.66. The lowest BCUT2D eigenvalue weighted by molar-refractivity contribution is -0.124. The van der Waals surface area contributed by atoms with E-state index < -0.39 is 0 Å². The predicted octanol–water partition coefficient (Wildman–Crippen LogP) is 2.05. The van der Waals surface area contributed by atoms with E-state index in [1.807, 2.05) is 35.8 Å². The number of carbonyl (C=O) groups excluding carboxylic acids is 2. The second-order valence-corrected chi connectivity index (χ2v) is 7.30. The van der Waals surface area contributed by atoms with Crippen molar-refractivity contribution < 1.29 is 9.59 Å². The van der Waals surface area contributed by atoms with Gasteiger partial charge >= 0.3 is 0 Å². The van der Waals surface area contributed by atoms with E-state index in [1.54, 1.807) is 4.90 Å². The number of hydrogen-bond acceptors (Lipinski definition) is 4. The van der Waals surface area contributed by atoms with Gasteiger partial charge < -0.3 is 15.0 Å². The number of primary amides is 1. The van der Waals surface area contributed by atoms with Crippen molar-refractivity contribution in [3.8, 4) is 0 Å². The predicted molar refractivity (Wildman–Crippen MR) is 104 cm³/mol. The largest absolute Gasteiger partial charge is 0.368 e. The van der Waals surface area contributed by atoms with E-state index in [9.17, 15) is 9.59 Å². The second-order valence-electron chi connectivity index (χ2n) is 7.30. The van der Waals surface area contributed by atoms with E-state index in [-0.39, 0.29) is 17.9 Å². The number of fused-ring (bicyclic) bond motifs is 1. The first-order chi connectivity index (χ1) is 13.0. The van der Waals surface area contributed by atoms with Crippen LogP contribution in [0.4, 0.5) is 0 Å². The molecular formula is C20H29N5O2. The quantitative estimate of drug-likeness (QED) is 0.807. The summed E-state index contributed by atoms with van der Waals surface area (Å²) in [6, 6.07) is 5.45. The SMILES string of the molecule is CCCCN(C)C(=O)c1nc2ccccn2c1CN1CCCC[C@@H]1C(N)=O. The van der Waals surface area contributed by atoms with Crippen LogP contribution in [0.15, 0.2) is 24.4 Å². The molecule has 2 N–H and O–H groups in total. The van der Waals surface area contributed by atoms with Crippen LogP contribution in [0.3, 0.4) is 0 Å². The van der Waals surface area contributed by atoms with Crippen molar-refractivity contribution in [1.82, 2.24) is 19.2 Å². The molecule has 3 rings (SSSR count). The highest BCUT2D eigenvalue weighted by Gasteiger charge is 2.30. The van der Waals surface area contributed by atoms with Crippen LogP contribution in [0, 0.1) is 0 Å². The first-order valence-electron chi connectivity index (χ1n) is 9.77. The van der Waals surface area contributed by atoms with Crippen LogP contribution in [0.1, 0.15) is 55.2 Å². The molecule has 0 aliphatic carbocycles. The molecule has 1 aliphatic rings. The molecule has 2 amide bonds. The summed E-state index contributed by atoms with van der Waals surface area (Å²) in [7, 11) is 1.82. The maximum atomic E-state index is 13.0. The van der Waals surface area contributed by atoms with Crippen LogP contribution < -0.4 is 5.73 Å². The lowest BCUT2D eigenvalue weighted by Crippen LogP contribution is -2.47. The van der Waals surface area contributed by atoms with E-state index >= 15 is 0 Å². The van der Waals surface area contributed by atoms with Gasteiger partial charge in [0.1, 0.15) is 5.65 Å². The molecule has 7 heteroatoms. The van der Waals surface area contributed by atoms with Crippen molar-refractivity contribution in [2.75, 3.05) is 20.1 Å². The van der Waals surface area contributed by atoms with E-state index in [1.165, 1.54) is 0 Å². The van der Waals surface area contributed by atoms with E-state index in [4.69, 9.17) is 5.73 Å². The van der Waals surface area contributed by atoms with Gasteiger partial charge in [-0.2, -0.15) is 0 Å². The van der Waals surface area contributed by atoms with Gasteiger partial charge in [-0.05, 0) is 37.9 Å². The number of pyridine rings is 1. The Morgan fingerprint density at radius 1 is 1.33 bits per heavy atom. The third kappa shape index (κ3) is 4.13. The summed E-state index contributed by atoms with van der Waals surface area (Å²) in [6.45, 7) is 4.10. The van der Waals surface area contributed by atoms with Gasteiger partial charge in [-0.25, -0.2) is 4.98 Å². The molecule has 3 heterocycles. The number of nitrogens with zero attached hydrogens (tertiary/aromatic N) is 4. The van der Waals surface area contributed by atoms with Crippen LogP contribution in [-0.2, 0) is 11.3 Å². The van der Waals surface area contributed by atoms with Crippen LogP contribution in [0.2, 0.25) is 0 Å². The summed E-state index contributed by atoms with van der Waals surface area (Å²) in [5.74, 6) is -0.369. The number of likely N-dealkylation sites (tertiary alicyclic amines) is 1. The third-order valence-corrected chi connectivity index (χ3v) is 5.32. The maximum absolute atomic E-state index is 13.0. The zero-order valence-electron chi connectivity index (χ0n) is 16.2. The Balaban J connectivity index is 1.95. The maximum Gasteiger partial charge on any atom is 0.274 e. The number of imidazole rings is 1. The number of unbranched alkanes of at least 4 members (excludes halogenated alkanes) is 1. The Labute approximate surface area is 160 Å². The highest BCUT2D eigenvalue weighted by molar-refractivity contribution is 5.94. The molecule has 0 saturated carbocycles. The summed E-state index contributed by atoms with van der Waals surface area (Å²) in [4.78, 5) is 33.4. The summed E-state index contributed by atoms with van der Waals surface area (Å²) in [5, 5.41) is 0. The molecule has 2 aromatic heterocycles. The highest BCUT2D eigenvalue weighted by Crippen LogP contribution is 2.23. The number of rotatable bonds is 7. The zero-order chi connectivity index (χ0) is 19.4. The molecule has 1 fully saturated rings. The fraction of sp³-hybridized carbons (Fsp3) is 0.550. The monoisotopic (exact) mass is 371 g/mol. The van der Waals surface area contributed by atoms with E-state index in [0.29, 0.717) is 18.8 Å². The molecule has 0 aromatic carbocycles. The van der Waals surface area contributed by atoms with Gasteiger partial charge in [0.05, 0.1) is 11.7 Å². The summed E-state index contributed by atoms with van der Waals surface area (Å²) >= 11 is 0. The number of aromatic nitrogens is 2. The van der Waals surface area contributed by atoms with Crippen molar-refractivity contribution in [3.05, 3.63) is 35.8 Å². The molecule has 0 unspecified atom stereocenters. The first kappa shape index (κ1) is 19.4. The molecule has 1 atom stereocenters. The topological polar surface area (TPSA) is 83.9 Å². The van der Waals surface area contributed by atoms with Gasteiger partial charge in [0.2, 0.25) is 5.91 Å². The summed E-state index contributed by atoms with van der Waals surface area (Å²) in [6.07, 6.45) is 6.71. The van der Waals surface area contributed by atoms with Gasteiger partial charge in [-0.3, -0.25) is 14.5 Å². The molecule has 0 radical (unpaired) electrons. The Morgan fingerprint density at radius 2 is 2.15 bits per heavy atom.